The van der Waals surface area contributed by atoms with Crippen molar-refractivity contribution in [1.29, 1.82) is 0 Å². The highest BCUT2D eigenvalue weighted by Crippen LogP contribution is 2.33. The lowest BCUT2D eigenvalue weighted by Gasteiger charge is -2.11. The number of unbranched alkanes of at least 4 members (excludes halogenated alkanes) is 6. The van der Waals surface area contributed by atoms with E-state index in [2.05, 4.69) is 48.0 Å². The predicted molar refractivity (Wildman–Crippen MR) is 269 cm³/mol. The number of aliphatic hydroxyl groups excluding tert-OH is 6. The number of nitrogens with zero attached hydrogens (tertiary/aromatic N) is 3. The van der Waals surface area contributed by atoms with Gasteiger partial charge in [0.25, 0.3) is 11.4 Å². The molecular weight excluding hydrogens is 863 g/mol. The SMILES string of the molecule is Cn1c2ccccc2c2ccc(C(O)CCCCCO)cc21.O=[N+]([O-])c1cccc(-c2ccc(C(O)CCCCCO)cc2)c1.O=[N+]([O-])c1ccccc1-c1ccc(C(O)CCCCCO)cc1. The maximum absolute atomic E-state index is 11.1. The molecule has 0 saturated heterocycles. The van der Waals surface area contributed by atoms with Crippen molar-refractivity contribution in [1.82, 2.24) is 4.57 Å². The number of para-hydroxylation sites is 2. The van der Waals surface area contributed by atoms with Crippen LogP contribution < -0.4 is 0 Å². The van der Waals surface area contributed by atoms with Crippen LogP contribution >= 0.6 is 0 Å². The van der Waals surface area contributed by atoms with Crippen LogP contribution in [-0.4, -0.2) is 64.9 Å². The molecule has 7 aromatic rings. The zero-order chi connectivity index (χ0) is 48.8. The number of non-ortho nitro benzene ring substituents is 1. The minimum atomic E-state index is -0.548. The van der Waals surface area contributed by atoms with Crippen LogP contribution in [0.3, 0.4) is 0 Å². The molecule has 68 heavy (non-hydrogen) atoms. The van der Waals surface area contributed by atoms with Crippen LogP contribution in [0.1, 0.15) is 112 Å². The summed E-state index contributed by atoms with van der Waals surface area (Å²) in [4.78, 5) is 21.1. The minimum Gasteiger partial charge on any atom is -0.396 e. The van der Waals surface area contributed by atoms with Crippen LogP contribution in [0.4, 0.5) is 11.4 Å². The van der Waals surface area contributed by atoms with E-state index < -0.39 is 23.2 Å². The van der Waals surface area contributed by atoms with Crippen molar-refractivity contribution in [3.8, 4) is 22.3 Å². The molecule has 1 heterocycles. The molecule has 0 bridgehead atoms. The predicted octanol–water partition coefficient (Wildman–Crippen LogP) is 11.6. The van der Waals surface area contributed by atoms with Crippen molar-refractivity contribution in [2.75, 3.05) is 19.8 Å². The fraction of sp³-hybridized carbons (Fsp3) is 0.345. The number of nitro groups is 2. The number of rotatable bonds is 22. The quantitative estimate of drug-likeness (QED) is 0.0215. The highest BCUT2D eigenvalue weighted by molar-refractivity contribution is 6.08. The van der Waals surface area contributed by atoms with E-state index in [0.717, 1.165) is 103 Å². The number of hydrogen-bond donors (Lipinski definition) is 6. The Balaban J connectivity index is 0.000000191. The van der Waals surface area contributed by atoms with Gasteiger partial charge in [0.15, 0.2) is 0 Å². The molecule has 0 radical (unpaired) electrons. The van der Waals surface area contributed by atoms with Crippen LogP contribution in [-0.2, 0) is 7.05 Å². The maximum Gasteiger partial charge on any atom is 0.277 e. The number of aromatic nitrogens is 1. The number of hydrogen-bond acceptors (Lipinski definition) is 10. The van der Waals surface area contributed by atoms with Crippen molar-refractivity contribution >= 4 is 33.2 Å². The van der Waals surface area contributed by atoms with Gasteiger partial charge in [-0.2, -0.15) is 0 Å². The third-order valence-corrected chi connectivity index (χ3v) is 12.1. The summed E-state index contributed by atoms with van der Waals surface area (Å²) in [5.74, 6) is 0. The van der Waals surface area contributed by atoms with Crippen molar-refractivity contribution in [3.05, 3.63) is 176 Å². The molecule has 360 valence electrons. The molecule has 0 fully saturated rings. The van der Waals surface area contributed by atoms with E-state index in [9.17, 15) is 35.5 Å². The molecule has 0 aliphatic heterocycles. The molecule has 0 spiro atoms. The van der Waals surface area contributed by atoms with Gasteiger partial charge in [0, 0.05) is 66.9 Å². The van der Waals surface area contributed by atoms with Crippen LogP contribution in [0.25, 0.3) is 44.1 Å². The Bertz CT molecular complexity index is 2630. The fourth-order valence-corrected chi connectivity index (χ4v) is 8.22. The van der Waals surface area contributed by atoms with Crippen molar-refractivity contribution < 1.29 is 40.5 Å². The number of aliphatic hydroxyl groups is 6. The van der Waals surface area contributed by atoms with Crippen molar-refractivity contribution in [2.24, 2.45) is 7.05 Å². The molecule has 0 aliphatic carbocycles. The van der Waals surface area contributed by atoms with Crippen LogP contribution in [0.2, 0.25) is 0 Å². The molecule has 0 amide bonds. The lowest BCUT2D eigenvalue weighted by molar-refractivity contribution is -0.384. The van der Waals surface area contributed by atoms with E-state index in [1.54, 1.807) is 42.5 Å². The summed E-state index contributed by atoms with van der Waals surface area (Å²) < 4.78 is 2.19. The van der Waals surface area contributed by atoms with E-state index >= 15 is 0 Å². The highest BCUT2D eigenvalue weighted by Gasteiger charge is 2.16. The van der Waals surface area contributed by atoms with E-state index in [1.165, 1.54) is 28.4 Å². The number of fused-ring (bicyclic) bond motifs is 3. The summed E-state index contributed by atoms with van der Waals surface area (Å²) in [5.41, 5.74) is 8.12. The first kappa shape index (κ1) is 52.6. The molecule has 6 N–H and O–H groups in total. The van der Waals surface area contributed by atoms with Gasteiger partial charge in [-0.15, -0.1) is 0 Å². The van der Waals surface area contributed by atoms with Gasteiger partial charge in [-0.1, -0.05) is 142 Å². The topological polar surface area (TPSA) is 213 Å². The molecule has 1 aromatic heterocycles. The first-order valence-electron chi connectivity index (χ1n) is 23.5. The van der Waals surface area contributed by atoms with Gasteiger partial charge >= 0.3 is 0 Å². The first-order chi connectivity index (χ1) is 33.0. The standard InChI is InChI=1S/C19H23NO2.2C18H21NO4/c1-20-17-8-5-4-7-15(17)16-11-10-14(13-18(16)20)19(22)9-3-2-6-12-21;20-13-5-1-2-8-18(21)15-11-9-14(10-12-15)16-6-3-4-7-17(16)19(22)23;20-12-3-1-2-7-18(21)15-10-8-14(9-11-15)16-5-4-6-17(13-16)19(22)23/h4-5,7-8,10-11,13,19,21-22H,2-3,6,9,12H2,1H3;3-4,6-7,9-12,18,20-21H,1-2,5,8,13H2;4-6,8-11,13,18,20-21H,1-3,7,12H2. The number of benzene rings is 6. The second-order valence-electron chi connectivity index (χ2n) is 16.9. The van der Waals surface area contributed by atoms with Gasteiger partial charge in [0.05, 0.1) is 33.7 Å². The largest absolute Gasteiger partial charge is 0.396 e. The summed E-state index contributed by atoms with van der Waals surface area (Å²) >= 11 is 0. The monoisotopic (exact) mass is 927 g/mol. The molecule has 0 saturated carbocycles. The smallest absolute Gasteiger partial charge is 0.277 e. The van der Waals surface area contributed by atoms with Gasteiger partial charge in [0.2, 0.25) is 0 Å². The van der Waals surface area contributed by atoms with Crippen LogP contribution in [0.5, 0.6) is 0 Å². The second kappa shape index (κ2) is 27.5. The van der Waals surface area contributed by atoms with E-state index in [-0.39, 0.29) is 36.1 Å². The summed E-state index contributed by atoms with van der Waals surface area (Å²) in [5, 5.41) is 81.4. The molecule has 6 aromatic carbocycles. The van der Waals surface area contributed by atoms with Gasteiger partial charge < -0.3 is 35.2 Å². The van der Waals surface area contributed by atoms with Crippen LogP contribution in [0, 0.1) is 20.2 Å². The average molecular weight is 928 g/mol. The highest BCUT2D eigenvalue weighted by atomic mass is 16.6. The van der Waals surface area contributed by atoms with E-state index in [1.807, 2.05) is 48.5 Å². The zero-order valence-electron chi connectivity index (χ0n) is 38.8. The van der Waals surface area contributed by atoms with Crippen molar-refractivity contribution in [3.63, 3.8) is 0 Å². The Morgan fingerprint density at radius 3 is 1.49 bits per heavy atom. The lowest BCUT2D eigenvalue weighted by Crippen LogP contribution is -1.98. The Kier molecular flexibility index (Phi) is 21.3. The molecule has 3 unspecified atom stereocenters. The first-order valence-corrected chi connectivity index (χ1v) is 23.5. The Hall–Kier alpha value is -6.32. The normalized spacial score (nSPS) is 12.4. The third kappa shape index (κ3) is 15.1. The fourth-order valence-electron chi connectivity index (χ4n) is 8.22. The summed E-state index contributed by atoms with van der Waals surface area (Å²) in [6, 6.07) is 42.4. The van der Waals surface area contributed by atoms with Crippen LogP contribution in [0.15, 0.2) is 140 Å². The maximum atomic E-state index is 11.1. The Morgan fingerprint density at radius 2 is 0.941 bits per heavy atom. The van der Waals surface area contributed by atoms with Gasteiger partial charge in [0.1, 0.15) is 0 Å². The molecular formula is C55H65N3O10. The Labute approximate surface area is 397 Å². The third-order valence-electron chi connectivity index (χ3n) is 12.1. The Morgan fingerprint density at radius 1 is 0.456 bits per heavy atom. The number of aryl methyl sites for hydroxylation is 1. The summed E-state index contributed by atoms with van der Waals surface area (Å²) in [6.07, 6.45) is 8.30. The van der Waals surface area contributed by atoms with E-state index in [0.29, 0.717) is 18.4 Å². The minimum absolute atomic E-state index is 0.0653. The van der Waals surface area contributed by atoms with E-state index in [4.69, 9.17) is 15.3 Å². The molecule has 7 rings (SSSR count). The van der Waals surface area contributed by atoms with Gasteiger partial charge in [-0.25, -0.2) is 0 Å². The van der Waals surface area contributed by atoms with Gasteiger partial charge in [-0.05, 0) is 90.1 Å². The summed E-state index contributed by atoms with van der Waals surface area (Å²) in [7, 11) is 2.07. The molecule has 0 aliphatic rings. The lowest BCUT2D eigenvalue weighted by atomic mass is 9.98. The molecule has 3 atom stereocenters. The van der Waals surface area contributed by atoms with Crippen molar-refractivity contribution in [2.45, 2.75) is 95.4 Å². The average Bonchev–Trinajstić information content (AvgIpc) is 3.66. The summed E-state index contributed by atoms with van der Waals surface area (Å²) in [6.45, 7) is 0.604. The second-order valence-corrected chi connectivity index (χ2v) is 16.9. The van der Waals surface area contributed by atoms with Gasteiger partial charge in [-0.3, -0.25) is 20.2 Å². The molecule has 13 heteroatoms. The number of nitro benzene ring substituents is 2. The molecule has 13 nitrogen and oxygen atoms in total. The zero-order valence-corrected chi connectivity index (χ0v) is 38.8.